The number of carboxylic acids is 1. The number of carbonyl (C=O) groups is 2. The summed E-state index contributed by atoms with van der Waals surface area (Å²) in [5.41, 5.74) is -1.00. The van der Waals surface area contributed by atoms with E-state index in [0.717, 1.165) is 12.8 Å². The summed E-state index contributed by atoms with van der Waals surface area (Å²) < 4.78 is 0. The Hall–Kier alpha value is -1.06. The maximum absolute atomic E-state index is 11.4. The van der Waals surface area contributed by atoms with Crippen LogP contribution in [0.3, 0.4) is 0 Å². The fourth-order valence-corrected chi connectivity index (χ4v) is 2.56. The second-order valence-corrected chi connectivity index (χ2v) is 5.25. The summed E-state index contributed by atoms with van der Waals surface area (Å²) in [5, 5.41) is 9.32. The van der Waals surface area contributed by atoms with Gasteiger partial charge in [0.15, 0.2) is 0 Å². The van der Waals surface area contributed by atoms with Crippen molar-refractivity contribution in [2.45, 2.75) is 45.1 Å². The summed E-state index contributed by atoms with van der Waals surface area (Å²) >= 11 is 0. The van der Waals surface area contributed by atoms with Crippen molar-refractivity contribution in [3.63, 3.8) is 0 Å². The Morgan fingerprint density at radius 1 is 1.40 bits per heavy atom. The van der Waals surface area contributed by atoms with Gasteiger partial charge in [-0.3, -0.25) is 4.79 Å². The average Bonchev–Trinajstić information content (AvgIpc) is 2.14. The first-order chi connectivity index (χ1) is 6.84. The van der Waals surface area contributed by atoms with Crippen molar-refractivity contribution >= 4 is 12.4 Å². The van der Waals surface area contributed by atoms with Crippen molar-refractivity contribution in [2.75, 3.05) is 7.05 Å². The second kappa shape index (κ2) is 3.83. The van der Waals surface area contributed by atoms with E-state index in [2.05, 4.69) is 13.8 Å². The largest absolute Gasteiger partial charge is 0.479 e. The van der Waals surface area contributed by atoms with Crippen molar-refractivity contribution < 1.29 is 14.7 Å². The minimum atomic E-state index is -0.997. The molecule has 86 valence electrons. The third-order valence-electron chi connectivity index (χ3n) is 3.45. The number of amides is 1. The topological polar surface area (TPSA) is 57.6 Å². The van der Waals surface area contributed by atoms with Crippen molar-refractivity contribution in [3.05, 3.63) is 0 Å². The standard InChI is InChI=1S/C11H19NO3/c1-10(2)5-4-6-11(7-10,9(14)15)12(3)8-13/h8H,4-7H2,1-3H3,(H,14,15). The molecule has 0 aromatic rings. The molecule has 4 nitrogen and oxygen atoms in total. The van der Waals surface area contributed by atoms with Gasteiger partial charge >= 0.3 is 5.97 Å². The molecule has 0 bridgehead atoms. The van der Waals surface area contributed by atoms with Crippen LogP contribution in [-0.2, 0) is 9.59 Å². The number of rotatable bonds is 3. The highest BCUT2D eigenvalue weighted by atomic mass is 16.4. The van der Waals surface area contributed by atoms with Crippen LogP contribution in [0.5, 0.6) is 0 Å². The van der Waals surface area contributed by atoms with Crippen molar-refractivity contribution in [2.24, 2.45) is 5.41 Å². The number of nitrogens with zero attached hydrogens (tertiary/aromatic N) is 1. The van der Waals surface area contributed by atoms with Crippen LogP contribution in [0.1, 0.15) is 39.5 Å². The minimum absolute atomic E-state index is 0.00604. The average molecular weight is 213 g/mol. The van der Waals surface area contributed by atoms with Crippen LogP contribution >= 0.6 is 0 Å². The molecule has 0 radical (unpaired) electrons. The summed E-state index contributed by atoms with van der Waals surface area (Å²) in [7, 11) is 1.56. The van der Waals surface area contributed by atoms with Gasteiger partial charge in [0.05, 0.1) is 0 Å². The SMILES string of the molecule is CN(C=O)C1(C(=O)O)CCCC(C)(C)C1. The van der Waals surface area contributed by atoms with Gasteiger partial charge in [-0.1, -0.05) is 13.8 Å². The monoisotopic (exact) mass is 213 g/mol. The highest BCUT2D eigenvalue weighted by Gasteiger charge is 2.48. The predicted octanol–water partition coefficient (Wildman–Crippen LogP) is 1.50. The molecule has 1 unspecified atom stereocenters. The molecule has 4 heteroatoms. The van der Waals surface area contributed by atoms with Gasteiger partial charge in [-0.15, -0.1) is 0 Å². The van der Waals surface area contributed by atoms with E-state index in [1.807, 2.05) is 0 Å². The normalized spacial score (nSPS) is 29.5. The molecule has 1 fully saturated rings. The molecule has 0 aromatic heterocycles. The lowest BCUT2D eigenvalue weighted by Crippen LogP contribution is -2.56. The van der Waals surface area contributed by atoms with E-state index in [-0.39, 0.29) is 5.41 Å². The molecule has 1 aliphatic carbocycles. The zero-order chi connectivity index (χ0) is 11.7. The summed E-state index contributed by atoms with van der Waals surface area (Å²) in [6, 6.07) is 0. The summed E-state index contributed by atoms with van der Waals surface area (Å²) in [6.45, 7) is 4.12. The van der Waals surface area contributed by atoms with E-state index >= 15 is 0 Å². The molecule has 0 aromatic carbocycles. The zero-order valence-corrected chi connectivity index (χ0v) is 9.62. The lowest BCUT2D eigenvalue weighted by molar-refractivity contribution is -0.159. The van der Waals surface area contributed by atoms with E-state index in [9.17, 15) is 14.7 Å². The minimum Gasteiger partial charge on any atom is -0.479 e. The lowest BCUT2D eigenvalue weighted by Gasteiger charge is -2.45. The fraction of sp³-hybridized carbons (Fsp3) is 0.818. The molecule has 1 amide bonds. The van der Waals surface area contributed by atoms with Gasteiger partial charge in [0.25, 0.3) is 0 Å². The Balaban J connectivity index is 3.01. The third kappa shape index (κ3) is 2.13. The molecule has 1 aliphatic rings. The first kappa shape index (κ1) is 12.0. The van der Waals surface area contributed by atoms with Gasteiger partial charge in [0, 0.05) is 7.05 Å². The van der Waals surface area contributed by atoms with Crippen LogP contribution in [0.4, 0.5) is 0 Å². The van der Waals surface area contributed by atoms with Crippen molar-refractivity contribution in [1.82, 2.24) is 4.90 Å². The molecule has 0 aliphatic heterocycles. The van der Waals surface area contributed by atoms with E-state index in [0.29, 0.717) is 19.3 Å². The predicted molar refractivity (Wildman–Crippen MR) is 56.4 cm³/mol. The molecule has 1 saturated carbocycles. The maximum Gasteiger partial charge on any atom is 0.329 e. The quantitative estimate of drug-likeness (QED) is 0.723. The number of likely N-dealkylation sites (N-methyl/N-ethyl adjacent to an activating group) is 1. The van der Waals surface area contributed by atoms with Crippen LogP contribution in [0.15, 0.2) is 0 Å². The van der Waals surface area contributed by atoms with Crippen LogP contribution in [0.25, 0.3) is 0 Å². The molecular formula is C11H19NO3. The third-order valence-corrected chi connectivity index (χ3v) is 3.45. The Labute approximate surface area is 90.3 Å². The van der Waals surface area contributed by atoms with Crippen molar-refractivity contribution in [1.29, 1.82) is 0 Å². The van der Waals surface area contributed by atoms with Crippen molar-refractivity contribution in [3.8, 4) is 0 Å². The zero-order valence-electron chi connectivity index (χ0n) is 9.62. The van der Waals surface area contributed by atoms with E-state index in [1.165, 1.54) is 4.90 Å². The summed E-state index contributed by atoms with van der Waals surface area (Å²) in [4.78, 5) is 23.5. The number of carbonyl (C=O) groups excluding carboxylic acids is 1. The van der Waals surface area contributed by atoms with Crippen LogP contribution in [0, 0.1) is 5.41 Å². The highest BCUT2D eigenvalue weighted by molar-refractivity contribution is 5.81. The second-order valence-electron chi connectivity index (χ2n) is 5.25. The molecule has 1 N–H and O–H groups in total. The molecule has 1 rings (SSSR count). The molecule has 1 atom stereocenters. The van der Waals surface area contributed by atoms with Gasteiger partial charge in [-0.25, -0.2) is 4.79 Å². The molecule has 15 heavy (non-hydrogen) atoms. The summed E-state index contributed by atoms with van der Waals surface area (Å²) in [5.74, 6) is -0.884. The smallest absolute Gasteiger partial charge is 0.329 e. The first-order valence-corrected chi connectivity index (χ1v) is 5.26. The van der Waals surface area contributed by atoms with Crippen LogP contribution in [-0.4, -0.2) is 35.0 Å². The van der Waals surface area contributed by atoms with E-state index in [4.69, 9.17) is 0 Å². The van der Waals surface area contributed by atoms with Crippen LogP contribution in [0.2, 0.25) is 0 Å². The molecule has 0 saturated heterocycles. The molecule has 0 spiro atoms. The number of carboxylic acid groups (broad SMARTS) is 1. The Kier molecular flexibility index (Phi) is 3.07. The number of hydrogen-bond donors (Lipinski definition) is 1. The number of hydrogen-bond acceptors (Lipinski definition) is 2. The van der Waals surface area contributed by atoms with Gasteiger partial charge in [0.2, 0.25) is 6.41 Å². The van der Waals surface area contributed by atoms with Gasteiger partial charge < -0.3 is 10.0 Å². The first-order valence-electron chi connectivity index (χ1n) is 5.26. The highest BCUT2D eigenvalue weighted by Crippen LogP contribution is 2.43. The van der Waals surface area contributed by atoms with Gasteiger partial charge in [-0.05, 0) is 31.1 Å². The van der Waals surface area contributed by atoms with Gasteiger partial charge in [-0.2, -0.15) is 0 Å². The molecular weight excluding hydrogens is 194 g/mol. The fourth-order valence-electron chi connectivity index (χ4n) is 2.56. The summed E-state index contributed by atoms with van der Waals surface area (Å²) in [6.07, 6.45) is 3.59. The Morgan fingerprint density at radius 2 is 2.00 bits per heavy atom. The van der Waals surface area contributed by atoms with E-state index < -0.39 is 11.5 Å². The van der Waals surface area contributed by atoms with Crippen LogP contribution < -0.4 is 0 Å². The van der Waals surface area contributed by atoms with Gasteiger partial charge in [0.1, 0.15) is 5.54 Å². The Morgan fingerprint density at radius 3 is 2.40 bits per heavy atom. The Bertz CT molecular complexity index is 275. The number of aliphatic carboxylic acids is 1. The van der Waals surface area contributed by atoms with E-state index in [1.54, 1.807) is 7.05 Å². The lowest BCUT2D eigenvalue weighted by atomic mass is 9.67. The molecule has 0 heterocycles. The maximum atomic E-state index is 11.4.